The number of carbonyl (C=O) groups excluding carboxylic acids is 1. The van der Waals surface area contributed by atoms with Crippen molar-refractivity contribution in [3.8, 4) is 5.75 Å². The van der Waals surface area contributed by atoms with Crippen LogP contribution in [0.3, 0.4) is 0 Å². The molecular formula is C20H26N2O4S. The van der Waals surface area contributed by atoms with Crippen molar-refractivity contribution in [2.75, 3.05) is 6.61 Å². The van der Waals surface area contributed by atoms with Crippen LogP contribution in [0.4, 0.5) is 0 Å². The number of ether oxygens (including phenoxy) is 1. The van der Waals surface area contributed by atoms with Crippen molar-refractivity contribution >= 4 is 15.9 Å². The van der Waals surface area contributed by atoms with Gasteiger partial charge in [0.05, 0.1) is 10.9 Å². The normalized spacial score (nSPS) is 12.6. The summed E-state index contributed by atoms with van der Waals surface area (Å²) in [4.78, 5) is 12.3. The molecule has 0 bridgehead atoms. The van der Waals surface area contributed by atoms with Gasteiger partial charge in [0.15, 0.2) is 6.61 Å². The van der Waals surface area contributed by atoms with Crippen molar-refractivity contribution in [1.29, 1.82) is 0 Å². The summed E-state index contributed by atoms with van der Waals surface area (Å²) in [5, 5.41) is 2.87. The molecule has 6 nitrogen and oxygen atoms in total. The summed E-state index contributed by atoms with van der Waals surface area (Å²) in [6, 6.07) is 13.9. The maximum atomic E-state index is 12.2. The zero-order chi connectivity index (χ0) is 20.0. The highest BCUT2D eigenvalue weighted by molar-refractivity contribution is 7.89. The van der Waals surface area contributed by atoms with Gasteiger partial charge in [-0.2, -0.15) is 0 Å². The third-order valence-electron chi connectivity index (χ3n) is 3.88. The Morgan fingerprint density at radius 2 is 1.74 bits per heavy atom. The van der Waals surface area contributed by atoms with Gasteiger partial charge in [-0.1, -0.05) is 30.3 Å². The van der Waals surface area contributed by atoms with Gasteiger partial charge in [-0.3, -0.25) is 4.79 Å². The second-order valence-corrected chi connectivity index (χ2v) is 8.41. The van der Waals surface area contributed by atoms with Crippen molar-refractivity contribution in [1.82, 2.24) is 10.0 Å². The van der Waals surface area contributed by atoms with Gasteiger partial charge in [-0.25, -0.2) is 13.1 Å². The number of carbonyl (C=O) groups is 1. The molecule has 0 aromatic heterocycles. The Kier molecular flexibility index (Phi) is 6.98. The van der Waals surface area contributed by atoms with Crippen LogP contribution >= 0.6 is 0 Å². The average molecular weight is 391 g/mol. The quantitative estimate of drug-likeness (QED) is 0.726. The molecule has 0 aliphatic heterocycles. The average Bonchev–Trinajstić information content (AvgIpc) is 2.60. The minimum atomic E-state index is -3.56. The summed E-state index contributed by atoms with van der Waals surface area (Å²) in [5.74, 6) is 0.227. The molecule has 0 saturated heterocycles. The van der Waals surface area contributed by atoms with Crippen molar-refractivity contribution in [3.63, 3.8) is 0 Å². The molecule has 146 valence electrons. The van der Waals surface area contributed by atoms with Crippen LogP contribution in [-0.2, 0) is 14.8 Å². The second-order valence-electron chi connectivity index (χ2n) is 6.69. The van der Waals surface area contributed by atoms with E-state index in [1.54, 1.807) is 26.8 Å². The van der Waals surface area contributed by atoms with Gasteiger partial charge < -0.3 is 10.1 Å². The Labute approximate surface area is 161 Å². The molecule has 7 heteroatoms. The van der Waals surface area contributed by atoms with Crippen LogP contribution in [-0.4, -0.2) is 27.0 Å². The third kappa shape index (κ3) is 6.08. The lowest BCUT2D eigenvalue weighted by molar-refractivity contribution is -0.123. The van der Waals surface area contributed by atoms with E-state index < -0.39 is 10.0 Å². The third-order valence-corrected chi connectivity index (χ3v) is 5.54. The van der Waals surface area contributed by atoms with Crippen molar-refractivity contribution in [2.24, 2.45) is 0 Å². The van der Waals surface area contributed by atoms with Gasteiger partial charge >= 0.3 is 0 Å². The van der Waals surface area contributed by atoms with E-state index in [1.807, 2.05) is 37.3 Å². The van der Waals surface area contributed by atoms with E-state index >= 15 is 0 Å². The molecule has 0 unspecified atom stereocenters. The number of rotatable bonds is 8. The van der Waals surface area contributed by atoms with E-state index in [0.29, 0.717) is 11.3 Å². The fourth-order valence-electron chi connectivity index (χ4n) is 2.58. The zero-order valence-electron chi connectivity index (χ0n) is 16.0. The highest BCUT2D eigenvalue weighted by Gasteiger charge is 2.17. The van der Waals surface area contributed by atoms with Crippen LogP contribution in [0.15, 0.2) is 53.4 Å². The number of aryl methyl sites for hydroxylation is 1. The molecule has 2 N–H and O–H groups in total. The molecule has 27 heavy (non-hydrogen) atoms. The molecule has 0 fully saturated rings. The standard InChI is InChI=1S/C20H26N2O4S/c1-14(2)22-27(24,25)18-10-11-19(15(3)12-18)26-13-20(23)21-16(4)17-8-6-5-7-9-17/h5-12,14,16,22H,13H2,1-4H3,(H,21,23)/t16-/m0/s1. The Morgan fingerprint density at radius 1 is 1.07 bits per heavy atom. The summed E-state index contributed by atoms with van der Waals surface area (Å²) >= 11 is 0. The van der Waals surface area contributed by atoms with Crippen LogP contribution < -0.4 is 14.8 Å². The van der Waals surface area contributed by atoms with E-state index in [9.17, 15) is 13.2 Å². The fraction of sp³-hybridized carbons (Fsp3) is 0.350. The number of sulfonamides is 1. The largest absolute Gasteiger partial charge is 0.484 e. The van der Waals surface area contributed by atoms with Crippen LogP contribution in [0, 0.1) is 6.92 Å². The molecule has 2 aromatic rings. The van der Waals surface area contributed by atoms with E-state index in [4.69, 9.17) is 4.74 Å². The Hall–Kier alpha value is -2.38. The number of hydrogen-bond donors (Lipinski definition) is 2. The van der Waals surface area contributed by atoms with Crippen LogP contribution in [0.1, 0.15) is 37.9 Å². The summed E-state index contributed by atoms with van der Waals surface area (Å²) in [7, 11) is -3.56. The Bertz CT molecular complexity index is 880. The highest BCUT2D eigenvalue weighted by Crippen LogP contribution is 2.22. The van der Waals surface area contributed by atoms with Crippen LogP contribution in [0.5, 0.6) is 5.75 Å². The lowest BCUT2D eigenvalue weighted by Gasteiger charge is -2.16. The zero-order valence-corrected chi connectivity index (χ0v) is 16.8. The summed E-state index contributed by atoms with van der Waals surface area (Å²) < 4.78 is 32.5. The van der Waals surface area contributed by atoms with Crippen molar-refractivity contribution in [2.45, 2.75) is 44.7 Å². The first-order valence-corrected chi connectivity index (χ1v) is 10.3. The monoisotopic (exact) mass is 390 g/mol. The van der Waals surface area contributed by atoms with Gasteiger partial charge in [-0.15, -0.1) is 0 Å². The molecule has 0 radical (unpaired) electrons. The summed E-state index contributed by atoms with van der Waals surface area (Å²) in [6.45, 7) is 7.02. The first-order valence-electron chi connectivity index (χ1n) is 8.79. The minimum absolute atomic E-state index is 0.127. The molecule has 0 heterocycles. The molecule has 0 aliphatic carbocycles. The highest BCUT2D eigenvalue weighted by atomic mass is 32.2. The fourth-order valence-corrected chi connectivity index (χ4v) is 3.92. The molecular weight excluding hydrogens is 364 g/mol. The Balaban J connectivity index is 1.97. The van der Waals surface area contributed by atoms with Crippen molar-refractivity contribution in [3.05, 3.63) is 59.7 Å². The maximum absolute atomic E-state index is 12.2. The maximum Gasteiger partial charge on any atom is 0.258 e. The number of amides is 1. The number of nitrogens with one attached hydrogen (secondary N) is 2. The van der Waals surface area contributed by atoms with Gasteiger partial charge in [0, 0.05) is 6.04 Å². The summed E-state index contributed by atoms with van der Waals surface area (Å²) in [5.41, 5.74) is 1.65. The van der Waals surface area contributed by atoms with Gasteiger partial charge in [-0.05, 0) is 57.0 Å². The van der Waals surface area contributed by atoms with E-state index in [2.05, 4.69) is 10.0 Å². The molecule has 1 atom stereocenters. The first kappa shape index (κ1) is 20.9. The van der Waals surface area contributed by atoms with Gasteiger partial charge in [0.25, 0.3) is 5.91 Å². The molecule has 1 amide bonds. The molecule has 2 aromatic carbocycles. The number of benzene rings is 2. The topological polar surface area (TPSA) is 84.5 Å². The predicted octanol–water partition coefficient (Wildman–Crippen LogP) is 2.94. The van der Waals surface area contributed by atoms with Crippen LogP contribution in [0.2, 0.25) is 0 Å². The van der Waals surface area contributed by atoms with Crippen LogP contribution in [0.25, 0.3) is 0 Å². The lowest BCUT2D eigenvalue weighted by atomic mass is 10.1. The molecule has 2 rings (SSSR count). The Morgan fingerprint density at radius 3 is 2.33 bits per heavy atom. The van der Waals surface area contributed by atoms with E-state index in [1.165, 1.54) is 12.1 Å². The smallest absolute Gasteiger partial charge is 0.258 e. The van der Waals surface area contributed by atoms with Gasteiger partial charge in [0.1, 0.15) is 5.75 Å². The van der Waals surface area contributed by atoms with E-state index in [-0.39, 0.29) is 29.5 Å². The lowest BCUT2D eigenvalue weighted by Crippen LogP contribution is -2.31. The first-order chi connectivity index (χ1) is 12.7. The van der Waals surface area contributed by atoms with Gasteiger partial charge in [0.2, 0.25) is 10.0 Å². The minimum Gasteiger partial charge on any atom is -0.484 e. The molecule has 0 saturated carbocycles. The SMILES string of the molecule is Cc1cc(S(=O)(=O)NC(C)C)ccc1OCC(=O)N[C@@H](C)c1ccccc1. The van der Waals surface area contributed by atoms with Crippen molar-refractivity contribution < 1.29 is 17.9 Å². The predicted molar refractivity (Wildman–Crippen MR) is 105 cm³/mol. The summed E-state index contributed by atoms with van der Waals surface area (Å²) in [6.07, 6.45) is 0. The van der Waals surface area contributed by atoms with E-state index in [0.717, 1.165) is 5.56 Å². The second kappa shape index (κ2) is 9.01. The molecule has 0 spiro atoms. The molecule has 0 aliphatic rings. The number of hydrogen-bond acceptors (Lipinski definition) is 4.